The van der Waals surface area contributed by atoms with E-state index in [9.17, 15) is 14.9 Å². The third-order valence-corrected chi connectivity index (χ3v) is 6.19. The number of fused-ring (bicyclic) bond motifs is 1. The molecule has 0 fully saturated rings. The van der Waals surface area contributed by atoms with Crippen molar-refractivity contribution in [3.63, 3.8) is 0 Å². The molecule has 2 heterocycles. The van der Waals surface area contributed by atoms with Crippen molar-refractivity contribution >= 4 is 23.1 Å². The fourth-order valence-corrected chi connectivity index (χ4v) is 4.32. The molecule has 0 saturated heterocycles. The number of anilines is 2. The fourth-order valence-electron chi connectivity index (χ4n) is 4.32. The van der Waals surface area contributed by atoms with Crippen LogP contribution in [0, 0.1) is 11.3 Å². The predicted octanol–water partition coefficient (Wildman–Crippen LogP) is 4.31. The van der Waals surface area contributed by atoms with E-state index in [1.54, 1.807) is 6.20 Å². The van der Waals surface area contributed by atoms with Crippen molar-refractivity contribution in [1.29, 1.82) is 5.26 Å². The first-order valence-corrected chi connectivity index (χ1v) is 11.6. The van der Waals surface area contributed by atoms with Gasteiger partial charge in [-0.15, -0.1) is 0 Å². The Hall–Kier alpha value is -4.38. The smallest absolute Gasteiger partial charge is 0.221 e. The number of carbonyl (C=O) groups excluding carboxylic acids is 2. The minimum absolute atomic E-state index is 0.0135. The first-order valence-electron chi connectivity index (χ1n) is 11.6. The Kier molecular flexibility index (Phi) is 6.97. The van der Waals surface area contributed by atoms with Gasteiger partial charge in [-0.1, -0.05) is 49.4 Å². The first kappa shape index (κ1) is 23.8. The highest BCUT2D eigenvalue weighted by Gasteiger charge is 2.31. The second kappa shape index (κ2) is 10.3. The third-order valence-electron chi connectivity index (χ3n) is 6.19. The lowest BCUT2D eigenvalue weighted by atomic mass is 10.1. The molecule has 0 unspecified atom stereocenters. The number of hydrogen-bond acceptors (Lipinski definition) is 6. The standard InChI is InChI=1S/C27H28N6O2/c1-4-20(26-29-17-21(31-26)18-10-6-5-7-11-18)30-25(35)15-14-24(34)19(16-28)27-32(2)22-12-8-9-13-23(22)33(27)3/h5-13,17,20H,4,14-15H2,1-3H3,(H,29,31)(H,30,35)/t20-/m1/s1. The molecule has 1 aromatic heterocycles. The number of Topliss-reactive ketones (excluding diaryl/α,β-unsaturated/α-hetero) is 1. The fraction of sp³-hybridized carbons (Fsp3) is 0.259. The van der Waals surface area contributed by atoms with E-state index in [4.69, 9.17) is 0 Å². The van der Waals surface area contributed by atoms with Gasteiger partial charge in [0.2, 0.25) is 5.91 Å². The number of benzene rings is 2. The summed E-state index contributed by atoms with van der Waals surface area (Å²) in [5.74, 6) is 0.565. The highest BCUT2D eigenvalue weighted by molar-refractivity contribution is 6.03. The molecule has 1 aliphatic rings. The highest BCUT2D eigenvalue weighted by atomic mass is 16.2. The van der Waals surface area contributed by atoms with E-state index in [0.717, 1.165) is 22.6 Å². The second-order valence-corrected chi connectivity index (χ2v) is 8.42. The number of carbonyl (C=O) groups is 2. The van der Waals surface area contributed by atoms with Crippen LogP contribution in [0.4, 0.5) is 11.4 Å². The van der Waals surface area contributed by atoms with Crippen LogP contribution in [0.25, 0.3) is 11.3 Å². The van der Waals surface area contributed by atoms with E-state index < -0.39 is 0 Å². The van der Waals surface area contributed by atoms with Gasteiger partial charge in [0.1, 0.15) is 23.3 Å². The van der Waals surface area contributed by atoms with Gasteiger partial charge in [-0.25, -0.2) is 4.98 Å². The van der Waals surface area contributed by atoms with Gasteiger partial charge in [0.15, 0.2) is 5.78 Å². The third kappa shape index (κ3) is 4.80. The van der Waals surface area contributed by atoms with Crippen LogP contribution in [0.15, 0.2) is 72.2 Å². The Balaban J connectivity index is 1.41. The van der Waals surface area contributed by atoms with Gasteiger partial charge < -0.3 is 20.1 Å². The number of nitrogens with zero attached hydrogens (tertiary/aromatic N) is 4. The van der Waals surface area contributed by atoms with E-state index in [2.05, 4.69) is 21.4 Å². The zero-order valence-electron chi connectivity index (χ0n) is 20.1. The number of imidazole rings is 1. The van der Waals surface area contributed by atoms with Crippen LogP contribution in [-0.4, -0.2) is 35.8 Å². The zero-order chi connectivity index (χ0) is 24.9. The van der Waals surface area contributed by atoms with Gasteiger partial charge in [0.25, 0.3) is 0 Å². The highest BCUT2D eigenvalue weighted by Crippen LogP contribution is 2.40. The Morgan fingerprint density at radius 1 is 1.03 bits per heavy atom. The van der Waals surface area contributed by atoms with Gasteiger partial charge >= 0.3 is 0 Å². The van der Waals surface area contributed by atoms with Crippen molar-refractivity contribution in [2.24, 2.45) is 0 Å². The lowest BCUT2D eigenvalue weighted by Crippen LogP contribution is -2.30. The SMILES string of the molecule is CC[C@@H](NC(=O)CCC(=O)C(C#N)=C1N(C)c2ccccc2N1C)c1ncc(-c2ccccc2)[nH]1. The number of H-pyrrole nitrogens is 1. The molecule has 8 nitrogen and oxygen atoms in total. The average Bonchev–Trinajstić information content (AvgIpc) is 3.47. The molecule has 0 spiro atoms. The zero-order valence-corrected chi connectivity index (χ0v) is 20.1. The lowest BCUT2D eigenvalue weighted by Gasteiger charge is -2.20. The van der Waals surface area contributed by atoms with Crippen LogP contribution in [-0.2, 0) is 9.59 Å². The number of ketones is 1. The molecule has 0 saturated carbocycles. The van der Waals surface area contributed by atoms with Crippen molar-refractivity contribution in [3.8, 4) is 17.3 Å². The Morgan fingerprint density at radius 2 is 1.66 bits per heavy atom. The predicted molar refractivity (Wildman–Crippen MR) is 135 cm³/mol. The quantitative estimate of drug-likeness (QED) is 0.377. The summed E-state index contributed by atoms with van der Waals surface area (Å²) in [5.41, 5.74) is 3.77. The van der Waals surface area contributed by atoms with Gasteiger partial charge in [0.05, 0.1) is 29.3 Å². The molecule has 2 N–H and O–H groups in total. The number of aromatic amines is 1. The Morgan fingerprint density at radius 3 is 2.26 bits per heavy atom. The van der Waals surface area contributed by atoms with Gasteiger partial charge in [-0.3, -0.25) is 9.59 Å². The summed E-state index contributed by atoms with van der Waals surface area (Å²) in [6.07, 6.45) is 2.32. The summed E-state index contributed by atoms with van der Waals surface area (Å²) >= 11 is 0. The molecular weight excluding hydrogens is 440 g/mol. The molecule has 0 aliphatic carbocycles. The number of amides is 1. The van der Waals surface area contributed by atoms with Gasteiger partial charge in [0, 0.05) is 26.9 Å². The summed E-state index contributed by atoms with van der Waals surface area (Å²) < 4.78 is 0. The molecule has 4 rings (SSSR count). The molecule has 35 heavy (non-hydrogen) atoms. The number of nitrogens with one attached hydrogen (secondary N) is 2. The number of allylic oxidation sites excluding steroid dienone is 1. The first-order chi connectivity index (χ1) is 16.9. The second-order valence-electron chi connectivity index (χ2n) is 8.42. The van der Waals surface area contributed by atoms with Gasteiger partial charge in [-0.05, 0) is 24.1 Å². The van der Waals surface area contributed by atoms with Crippen LogP contribution in [0.3, 0.4) is 0 Å². The summed E-state index contributed by atoms with van der Waals surface area (Å²) in [6.45, 7) is 1.96. The summed E-state index contributed by atoms with van der Waals surface area (Å²) in [6, 6.07) is 19.3. The summed E-state index contributed by atoms with van der Waals surface area (Å²) in [5, 5.41) is 12.7. The summed E-state index contributed by atoms with van der Waals surface area (Å²) in [4.78, 5) is 37.0. The molecule has 1 aliphatic heterocycles. The van der Waals surface area contributed by atoms with E-state index in [1.165, 1.54) is 0 Å². The van der Waals surface area contributed by atoms with Crippen molar-refractivity contribution in [1.82, 2.24) is 15.3 Å². The molecule has 0 radical (unpaired) electrons. The minimum atomic E-state index is -0.360. The minimum Gasteiger partial charge on any atom is -0.346 e. The van der Waals surface area contributed by atoms with E-state index in [-0.39, 0.29) is 36.1 Å². The maximum absolute atomic E-state index is 13.0. The summed E-state index contributed by atoms with van der Waals surface area (Å²) in [7, 11) is 3.65. The Bertz CT molecular complexity index is 1270. The van der Waals surface area contributed by atoms with Crippen molar-refractivity contribution in [2.45, 2.75) is 32.2 Å². The number of hydrogen-bond donors (Lipinski definition) is 2. The van der Waals surface area contributed by atoms with Crippen molar-refractivity contribution in [2.75, 3.05) is 23.9 Å². The van der Waals surface area contributed by atoms with Crippen molar-refractivity contribution in [3.05, 3.63) is 78.0 Å². The van der Waals surface area contributed by atoms with E-state index in [0.29, 0.717) is 18.1 Å². The lowest BCUT2D eigenvalue weighted by molar-refractivity contribution is -0.124. The molecule has 0 bridgehead atoms. The molecule has 1 atom stereocenters. The molecule has 1 amide bonds. The molecule has 8 heteroatoms. The molecule has 2 aromatic carbocycles. The van der Waals surface area contributed by atoms with Crippen LogP contribution in [0.1, 0.15) is 38.1 Å². The topological polar surface area (TPSA) is 105 Å². The normalized spacial score (nSPS) is 13.3. The van der Waals surface area contributed by atoms with Crippen molar-refractivity contribution < 1.29 is 9.59 Å². The largest absolute Gasteiger partial charge is 0.346 e. The molecular formula is C27H28N6O2. The number of para-hydroxylation sites is 2. The number of rotatable bonds is 8. The maximum atomic E-state index is 13.0. The molecule has 178 valence electrons. The average molecular weight is 469 g/mol. The number of nitriles is 1. The van der Waals surface area contributed by atoms with Gasteiger partial charge in [-0.2, -0.15) is 5.26 Å². The van der Waals surface area contributed by atoms with E-state index in [1.807, 2.05) is 85.4 Å². The monoisotopic (exact) mass is 468 g/mol. The molecule has 3 aromatic rings. The Labute approximate surface area is 204 Å². The van der Waals surface area contributed by atoms with Crippen LogP contribution >= 0.6 is 0 Å². The van der Waals surface area contributed by atoms with Crippen LogP contribution < -0.4 is 15.1 Å². The van der Waals surface area contributed by atoms with E-state index >= 15 is 0 Å². The van der Waals surface area contributed by atoms with Crippen LogP contribution in [0.2, 0.25) is 0 Å². The maximum Gasteiger partial charge on any atom is 0.221 e. The number of aromatic nitrogens is 2. The van der Waals surface area contributed by atoms with Crippen LogP contribution in [0.5, 0.6) is 0 Å².